The third-order valence-electron chi connectivity index (χ3n) is 4.36. The molecule has 0 aliphatic heterocycles. The van der Waals surface area contributed by atoms with Crippen LogP contribution in [-0.2, 0) is 10.0 Å². The van der Waals surface area contributed by atoms with E-state index in [0.717, 1.165) is 11.1 Å². The van der Waals surface area contributed by atoms with Crippen LogP contribution in [-0.4, -0.2) is 20.2 Å². The van der Waals surface area contributed by atoms with Gasteiger partial charge in [-0.05, 0) is 24.6 Å². The average molecular weight is 458 g/mol. The highest BCUT2D eigenvalue weighted by Gasteiger charge is 2.33. The molecule has 0 aliphatic carbocycles. The number of benzene rings is 3. The average Bonchev–Trinajstić information content (AvgIpc) is 2.72. The molecule has 0 fully saturated rings. The van der Waals surface area contributed by atoms with Crippen molar-refractivity contribution in [2.45, 2.75) is 22.7 Å². The third-order valence-corrected chi connectivity index (χ3v) is 6.88. The quantitative estimate of drug-likeness (QED) is 0.414. The Morgan fingerprint density at radius 3 is 1.96 bits per heavy atom. The van der Waals surface area contributed by atoms with Gasteiger partial charge in [-0.15, -0.1) is 0 Å². The van der Waals surface area contributed by atoms with Crippen LogP contribution in [0.3, 0.4) is 0 Å². The molecule has 3 aromatic rings. The van der Waals surface area contributed by atoms with E-state index in [1.165, 1.54) is 12.1 Å². The molecule has 144 valence electrons. The lowest BCUT2D eigenvalue weighted by Gasteiger charge is -2.23. The van der Waals surface area contributed by atoms with Gasteiger partial charge in [-0.25, -0.2) is 8.42 Å². The van der Waals surface area contributed by atoms with Crippen LogP contribution in [0.25, 0.3) is 0 Å². The number of aryl methyl sites for hydroxylation is 1. The van der Waals surface area contributed by atoms with Gasteiger partial charge < -0.3 is 0 Å². The molecule has 1 N–H and O–H groups in total. The Morgan fingerprint density at radius 1 is 0.857 bits per heavy atom. The summed E-state index contributed by atoms with van der Waals surface area (Å²) in [6.07, 6.45) is 0. The van der Waals surface area contributed by atoms with Crippen LogP contribution < -0.4 is 4.72 Å². The van der Waals surface area contributed by atoms with Gasteiger partial charge in [0.1, 0.15) is 6.04 Å². The molecule has 6 heteroatoms. The van der Waals surface area contributed by atoms with E-state index in [1.54, 1.807) is 36.4 Å². The zero-order valence-corrected chi connectivity index (χ0v) is 17.7. The van der Waals surface area contributed by atoms with Crippen molar-refractivity contribution in [2.24, 2.45) is 0 Å². The smallest absolute Gasteiger partial charge is 0.241 e. The molecule has 0 bridgehead atoms. The highest BCUT2D eigenvalue weighted by molar-refractivity contribution is 9.09. The zero-order valence-electron chi connectivity index (χ0n) is 15.2. The molecule has 28 heavy (non-hydrogen) atoms. The van der Waals surface area contributed by atoms with E-state index in [1.807, 2.05) is 43.3 Å². The van der Waals surface area contributed by atoms with E-state index in [0.29, 0.717) is 5.56 Å². The first kappa shape index (κ1) is 20.5. The zero-order chi connectivity index (χ0) is 20.1. The lowest BCUT2D eigenvalue weighted by atomic mass is 9.98. The summed E-state index contributed by atoms with van der Waals surface area (Å²) in [6.45, 7) is 1.88. The Balaban J connectivity index is 1.98. The van der Waals surface area contributed by atoms with Crippen molar-refractivity contribution in [1.82, 2.24) is 4.72 Å². The number of rotatable bonds is 7. The van der Waals surface area contributed by atoms with E-state index in [4.69, 9.17) is 0 Å². The number of ketones is 1. The van der Waals surface area contributed by atoms with Gasteiger partial charge in [0, 0.05) is 5.56 Å². The standard InChI is InChI=1S/C22H20BrNO3S/c1-16-12-14-19(15-13-16)28(26,27)24-21(20(23)17-8-4-2-5-9-17)22(25)18-10-6-3-7-11-18/h2-15,20-21,24H,1H3/t20-,21-/m0/s1. The van der Waals surface area contributed by atoms with Crippen molar-refractivity contribution in [2.75, 3.05) is 0 Å². The molecular weight excluding hydrogens is 438 g/mol. The van der Waals surface area contributed by atoms with Crippen LogP contribution in [0, 0.1) is 6.92 Å². The molecule has 0 heterocycles. The molecule has 0 unspecified atom stereocenters. The second kappa shape index (κ2) is 8.82. The third kappa shape index (κ3) is 4.76. The molecule has 0 saturated carbocycles. The summed E-state index contributed by atoms with van der Waals surface area (Å²) in [5.74, 6) is -0.304. The Morgan fingerprint density at radius 2 is 1.39 bits per heavy atom. The number of alkyl halides is 1. The van der Waals surface area contributed by atoms with Crippen molar-refractivity contribution in [3.05, 3.63) is 102 Å². The lowest BCUT2D eigenvalue weighted by Crippen LogP contribution is -2.43. The number of Topliss-reactive ketones (excluding diaryl/α,β-unsaturated/α-hetero) is 1. The van der Waals surface area contributed by atoms with Crippen LogP contribution in [0.1, 0.15) is 26.3 Å². The molecule has 3 aromatic carbocycles. The summed E-state index contributed by atoms with van der Waals surface area (Å²) in [5.41, 5.74) is 2.21. The van der Waals surface area contributed by atoms with Gasteiger partial charge in [0.2, 0.25) is 10.0 Å². The van der Waals surface area contributed by atoms with Crippen LogP contribution in [0.15, 0.2) is 89.8 Å². The van der Waals surface area contributed by atoms with Crippen LogP contribution >= 0.6 is 15.9 Å². The minimum atomic E-state index is -3.88. The maximum atomic E-state index is 13.2. The van der Waals surface area contributed by atoms with Crippen molar-refractivity contribution >= 4 is 31.7 Å². The second-order valence-corrected chi connectivity index (χ2v) is 9.16. The number of halogens is 1. The molecule has 0 aliphatic rings. The van der Waals surface area contributed by atoms with Crippen molar-refractivity contribution < 1.29 is 13.2 Å². The molecule has 0 aromatic heterocycles. The van der Waals surface area contributed by atoms with E-state index in [9.17, 15) is 13.2 Å². The normalized spacial score (nSPS) is 13.6. The molecular formula is C22H20BrNO3S. The summed E-state index contributed by atoms with van der Waals surface area (Å²) >= 11 is 3.54. The lowest BCUT2D eigenvalue weighted by molar-refractivity contribution is 0.0952. The van der Waals surface area contributed by atoms with Gasteiger partial charge >= 0.3 is 0 Å². The fourth-order valence-electron chi connectivity index (χ4n) is 2.81. The van der Waals surface area contributed by atoms with Gasteiger partial charge in [-0.3, -0.25) is 4.79 Å². The van der Waals surface area contributed by atoms with Crippen molar-refractivity contribution in [1.29, 1.82) is 0 Å². The van der Waals surface area contributed by atoms with Gasteiger partial charge in [0.15, 0.2) is 5.78 Å². The van der Waals surface area contributed by atoms with Crippen molar-refractivity contribution in [3.8, 4) is 0 Å². The van der Waals surface area contributed by atoms with Gasteiger partial charge in [-0.1, -0.05) is 94.3 Å². The minimum Gasteiger partial charge on any atom is -0.292 e. The number of hydrogen-bond acceptors (Lipinski definition) is 3. The van der Waals surface area contributed by atoms with E-state index in [-0.39, 0.29) is 10.7 Å². The summed E-state index contributed by atoms with van der Waals surface area (Å²) in [6, 6.07) is 23.5. The monoisotopic (exact) mass is 457 g/mol. The number of sulfonamides is 1. The molecule has 0 radical (unpaired) electrons. The van der Waals surface area contributed by atoms with Gasteiger partial charge in [0.05, 0.1) is 9.72 Å². The summed E-state index contributed by atoms with van der Waals surface area (Å²) < 4.78 is 28.5. The maximum absolute atomic E-state index is 13.2. The van der Waals surface area contributed by atoms with Crippen LogP contribution in [0.5, 0.6) is 0 Å². The van der Waals surface area contributed by atoms with Gasteiger partial charge in [-0.2, -0.15) is 4.72 Å². The molecule has 0 amide bonds. The number of hydrogen-bond donors (Lipinski definition) is 1. The first-order valence-electron chi connectivity index (χ1n) is 8.76. The van der Waals surface area contributed by atoms with Crippen LogP contribution in [0.2, 0.25) is 0 Å². The minimum absolute atomic E-state index is 0.122. The van der Waals surface area contributed by atoms with Crippen LogP contribution in [0.4, 0.5) is 0 Å². The predicted molar refractivity (Wildman–Crippen MR) is 114 cm³/mol. The van der Waals surface area contributed by atoms with E-state index >= 15 is 0 Å². The Hall–Kier alpha value is -2.28. The second-order valence-electron chi connectivity index (χ2n) is 6.45. The van der Waals surface area contributed by atoms with Gasteiger partial charge in [0.25, 0.3) is 0 Å². The molecule has 0 saturated heterocycles. The SMILES string of the molecule is Cc1ccc(S(=O)(=O)N[C@H](C(=O)c2ccccc2)[C@@H](Br)c2ccccc2)cc1. The number of carbonyl (C=O) groups is 1. The molecule has 3 rings (SSSR count). The fourth-order valence-corrected chi connectivity index (χ4v) is 4.87. The first-order valence-corrected chi connectivity index (χ1v) is 11.2. The maximum Gasteiger partial charge on any atom is 0.241 e. The summed E-state index contributed by atoms with van der Waals surface area (Å²) in [7, 11) is -3.88. The van der Waals surface area contributed by atoms with E-state index in [2.05, 4.69) is 20.7 Å². The highest BCUT2D eigenvalue weighted by atomic mass is 79.9. The summed E-state index contributed by atoms with van der Waals surface area (Å²) in [5, 5.41) is 0. The first-order chi connectivity index (χ1) is 13.4. The topological polar surface area (TPSA) is 63.2 Å². The predicted octanol–water partition coefficient (Wildman–Crippen LogP) is 4.66. The fraction of sp³-hybridized carbons (Fsp3) is 0.136. The Bertz CT molecular complexity index is 1040. The largest absolute Gasteiger partial charge is 0.292 e. The molecule has 2 atom stereocenters. The molecule has 0 spiro atoms. The number of carbonyl (C=O) groups excluding carboxylic acids is 1. The van der Waals surface area contributed by atoms with E-state index < -0.39 is 20.9 Å². The Kier molecular flexibility index (Phi) is 6.44. The Labute approximate surface area is 173 Å². The summed E-state index contributed by atoms with van der Waals surface area (Å²) in [4.78, 5) is 12.8. The molecule has 4 nitrogen and oxygen atoms in total. The number of nitrogens with one attached hydrogen (secondary N) is 1. The van der Waals surface area contributed by atoms with Crippen molar-refractivity contribution in [3.63, 3.8) is 0 Å². The highest BCUT2D eigenvalue weighted by Crippen LogP contribution is 2.29.